The van der Waals surface area contributed by atoms with Crippen LogP contribution in [0.2, 0.25) is 0 Å². The number of hydrogen-bond donors (Lipinski definition) is 2. The minimum absolute atomic E-state index is 0.0640. The molecular formula is C36H47N5O10S. The van der Waals surface area contributed by atoms with E-state index in [1.54, 1.807) is 45.0 Å². The van der Waals surface area contributed by atoms with Gasteiger partial charge in [0, 0.05) is 32.9 Å². The standard InChI is InChI=1S/C36H47N5O10S/c1-35(2,3)51-29(43)17-22-13-9-7-6-8-10-14-23-19-36(23,34(47)39-52(48,49)40(4)5)20-28(42)27-18-24(21-41(27)32(22)44)50-31-30(33(45)46)37-25-15-11-12-16-26(25)38-31/h10-12,14-16,22-24,27H,6-9,13,17-21H2,1-5H3,(H,39,47)(H,45,46)/b14-10-/t22-,23-,24-,27+,36-/m1/s1. The minimum atomic E-state index is -4.16. The Morgan fingerprint density at radius 1 is 1.08 bits per heavy atom. The maximum Gasteiger partial charge on any atom is 0.360 e. The normalized spacial score (nSPS) is 26.5. The number of aromatic nitrogens is 2. The van der Waals surface area contributed by atoms with Gasteiger partial charge in [0.05, 0.1) is 35.5 Å². The molecule has 2 amide bonds. The summed E-state index contributed by atoms with van der Waals surface area (Å²) in [5.74, 6) is -5.19. The van der Waals surface area contributed by atoms with Crippen LogP contribution in [0.3, 0.4) is 0 Å². The van der Waals surface area contributed by atoms with Gasteiger partial charge in [-0.2, -0.15) is 12.7 Å². The first-order valence-corrected chi connectivity index (χ1v) is 19.0. The van der Waals surface area contributed by atoms with Crippen LogP contribution in [0.4, 0.5) is 0 Å². The number of amides is 2. The molecule has 282 valence electrons. The molecule has 1 aromatic carbocycles. The molecule has 3 heterocycles. The topological polar surface area (TPSA) is 202 Å². The monoisotopic (exact) mass is 741 g/mol. The Morgan fingerprint density at radius 3 is 2.42 bits per heavy atom. The molecule has 0 spiro atoms. The van der Waals surface area contributed by atoms with Crippen LogP contribution in [0.15, 0.2) is 36.4 Å². The minimum Gasteiger partial charge on any atom is -0.476 e. The highest BCUT2D eigenvalue weighted by molar-refractivity contribution is 7.87. The molecule has 5 rings (SSSR count). The summed E-state index contributed by atoms with van der Waals surface area (Å²) in [5.41, 5.74) is -1.85. The Bertz CT molecular complexity index is 1870. The molecule has 0 unspecified atom stereocenters. The van der Waals surface area contributed by atoms with Gasteiger partial charge in [0.15, 0.2) is 5.78 Å². The summed E-state index contributed by atoms with van der Waals surface area (Å²) in [6.45, 7) is 5.06. The lowest BCUT2D eigenvalue weighted by molar-refractivity contribution is -0.159. The second-order valence-electron chi connectivity index (χ2n) is 15.0. The Balaban J connectivity index is 1.50. The van der Waals surface area contributed by atoms with Crippen molar-refractivity contribution in [3.05, 3.63) is 42.1 Å². The number of esters is 1. The molecule has 2 N–H and O–H groups in total. The van der Waals surface area contributed by atoms with E-state index in [0.717, 1.165) is 17.1 Å². The van der Waals surface area contributed by atoms with E-state index in [4.69, 9.17) is 9.47 Å². The summed E-state index contributed by atoms with van der Waals surface area (Å²) in [5, 5.41) is 9.94. The fourth-order valence-corrected chi connectivity index (χ4v) is 7.51. The number of hydrogen-bond acceptors (Lipinski definition) is 11. The molecule has 52 heavy (non-hydrogen) atoms. The van der Waals surface area contributed by atoms with Crippen molar-refractivity contribution in [2.24, 2.45) is 17.3 Å². The van der Waals surface area contributed by atoms with Crippen molar-refractivity contribution in [3.8, 4) is 5.88 Å². The number of benzene rings is 1. The number of carbonyl (C=O) groups is 5. The lowest BCUT2D eigenvalue weighted by Crippen LogP contribution is -2.47. The van der Waals surface area contributed by atoms with Crippen LogP contribution < -0.4 is 9.46 Å². The van der Waals surface area contributed by atoms with Crippen molar-refractivity contribution in [3.63, 3.8) is 0 Å². The molecule has 1 aliphatic carbocycles. The number of ether oxygens (including phenoxy) is 2. The largest absolute Gasteiger partial charge is 0.476 e. The molecule has 2 fully saturated rings. The summed E-state index contributed by atoms with van der Waals surface area (Å²) < 4.78 is 40.0. The summed E-state index contributed by atoms with van der Waals surface area (Å²) in [4.78, 5) is 77.6. The number of para-hydroxylation sites is 2. The molecule has 0 bridgehead atoms. The van der Waals surface area contributed by atoms with Crippen LogP contribution >= 0.6 is 0 Å². The number of nitrogens with one attached hydrogen (secondary N) is 1. The molecule has 1 aromatic heterocycles. The summed E-state index contributed by atoms with van der Waals surface area (Å²) in [6.07, 6.45) is 5.71. The first kappa shape index (κ1) is 38.8. The predicted octanol–water partition coefficient (Wildman–Crippen LogP) is 3.43. The zero-order chi connectivity index (χ0) is 38.0. The zero-order valence-electron chi connectivity index (χ0n) is 30.2. The number of nitrogens with zero attached hydrogens (tertiary/aromatic N) is 4. The first-order valence-electron chi connectivity index (χ1n) is 17.5. The molecule has 3 aliphatic rings. The van der Waals surface area contributed by atoms with E-state index in [2.05, 4.69) is 14.7 Å². The van der Waals surface area contributed by atoms with Crippen LogP contribution in [-0.2, 0) is 34.1 Å². The first-order chi connectivity index (χ1) is 24.4. The highest BCUT2D eigenvalue weighted by Gasteiger charge is 2.61. The highest BCUT2D eigenvalue weighted by atomic mass is 32.2. The maximum absolute atomic E-state index is 14.4. The fraction of sp³-hybridized carbons (Fsp3) is 0.583. The maximum atomic E-state index is 14.4. The number of allylic oxidation sites excluding steroid dienone is 2. The van der Waals surface area contributed by atoms with Gasteiger partial charge in [-0.05, 0) is 64.5 Å². The number of carboxylic acid groups (broad SMARTS) is 1. The summed E-state index contributed by atoms with van der Waals surface area (Å²) in [6, 6.07) is 5.55. The number of carboxylic acids is 1. The number of carbonyl (C=O) groups excluding carboxylic acids is 4. The van der Waals surface area contributed by atoms with Gasteiger partial charge in [0.1, 0.15) is 11.7 Å². The average Bonchev–Trinajstić information content (AvgIpc) is 3.58. The number of rotatable bonds is 8. The van der Waals surface area contributed by atoms with E-state index >= 15 is 0 Å². The van der Waals surface area contributed by atoms with E-state index in [1.807, 2.05) is 12.2 Å². The lowest BCUT2D eigenvalue weighted by Gasteiger charge is -2.29. The van der Waals surface area contributed by atoms with Crippen LogP contribution in [0.25, 0.3) is 11.0 Å². The second kappa shape index (κ2) is 15.3. The third-order valence-electron chi connectivity index (χ3n) is 9.69. The van der Waals surface area contributed by atoms with Gasteiger partial charge >= 0.3 is 22.1 Å². The molecule has 5 atom stereocenters. The van der Waals surface area contributed by atoms with Crippen molar-refractivity contribution < 1.29 is 47.0 Å². The molecule has 2 aromatic rings. The molecule has 2 aliphatic heterocycles. The van der Waals surface area contributed by atoms with Crippen LogP contribution in [0.1, 0.15) is 89.0 Å². The molecule has 15 nitrogen and oxygen atoms in total. The number of Topliss-reactive ketones (excluding diaryl/α,β-unsaturated/α-hetero) is 1. The van der Waals surface area contributed by atoms with Gasteiger partial charge in [0.25, 0.3) is 0 Å². The van der Waals surface area contributed by atoms with Gasteiger partial charge in [-0.3, -0.25) is 19.2 Å². The Kier molecular flexibility index (Phi) is 11.4. The van der Waals surface area contributed by atoms with Gasteiger partial charge in [-0.1, -0.05) is 37.1 Å². The highest BCUT2D eigenvalue weighted by Crippen LogP contribution is 2.57. The van der Waals surface area contributed by atoms with E-state index in [-0.39, 0.29) is 38.1 Å². The number of fused-ring (bicyclic) bond motifs is 3. The smallest absolute Gasteiger partial charge is 0.360 e. The lowest BCUT2D eigenvalue weighted by atomic mass is 9.90. The summed E-state index contributed by atoms with van der Waals surface area (Å²) >= 11 is 0. The number of ketones is 1. The molecule has 1 saturated carbocycles. The second-order valence-corrected chi connectivity index (χ2v) is 16.9. The van der Waals surface area contributed by atoms with Gasteiger partial charge in [-0.15, -0.1) is 0 Å². The van der Waals surface area contributed by atoms with Gasteiger partial charge < -0.3 is 19.5 Å². The zero-order valence-corrected chi connectivity index (χ0v) is 31.0. The number of aromatic carboxylic acids is 1. The molecule has 0 radical (unpaired) electrons. The van der Waals surface area contributed by atoms with E-state index in [1.165, 1.54) is 19.0 Å². The molecular weight excluding hydrogens is 694 g/mol. The molecule has 1 saturated heterocycles. The predicted molar refractivity (Wildman–Crippen MR) is 188 cm³/mol. The van der Waals surface area contributed by atoms with Crippen molar-refractivity contribution in [2.75, 3.05) is 20.6 Å². The Hall–Kier alpha value is -4.44. The quantitative estimate of drug-likeness (QED) is 0.295. The Labute approximate surface area is 303 Å². The van der Waals surface area contributed by atoms with E-state index in [0.29, 0.717) is 30.3 Å². The third kappa shape index (κ3) is 8.95. The van der Waals surface area contributed by atoms with Crippen molar-refractivity contribution in [1.29, 1.82) is 0 Å². The van der Waals surface area contributed by atoms with Crippen molar-refractivity contribution in [2.45, 2.75) is 96.3 Å². The van der Waals surface area contributed by atoms with Crippen molar-refractivity contribution in [1.82, 2.24) is 23.9 Å². The Morgan fingerprint density at radius 2 is 1.77 bits per heavy atom. The third-order valence-corrected chi connectivity index (χ3v) is 11.1. The SMILES string of the molecule is CN(C)S(=O)(=O)NC(=O)[C@]12CC(=O)[C@@H]3C[C@@H](Oc4nc5ccccc5nc4C(=O)O)CN3C(=O)[C@@H](CC(=O)OC(C)(C)C)CCCCC/C=C\[C@@H]1C2. The van der Waals surface area contributed by atoms with E-state index in [9.17, 15) is 37.5 Å². The average molecular weight is 742 g/mol. The fourth-order valence-electron chi connectivity index (χ4n) is 6.89. The van der Waals surface area contributed by atoms with Crippen LogP contribution in [0.5, 0.6) is 5.88 Å². The van der Waals surface area contributed by atoms with Gasteiger partial charge in [-0.25, -0.2) is 19.5 Å². The molecule has 16 heteroatoms. The van der Waals surface area contributed by atoms with Crippen LogP contribution in [0, 0.1) is 17.3 Å². The van der Waals surface area contributed by atoms with E-state index < -0.39 is 80.4 Å². The van der Waals surface area contributed by atoms with Crippen LogP contribution in [-0.4, -0.2) is 101 Å². The summed E-state index contributed by atoms with van der Waals surface area (Å²) in [7, 11) is -1.60. The van der Waals surface area contributed by atoms with Gasteiger partial charge in [0.2, 0.25) is 23.4 Å². The van der Waals surface area contributed by atoms with Crippen molar-refractivity contribution >= 4 is 50.8 Å².